The number of nitrogens with one attached hydrogen (secondary N) is 1. The number of carbonyl (C=O) groups is 1. The first-order valence-corrected chi connectivity index (χ1v) is 5.87. The minimum atomic E-state index is 0.207. The van der Waals surface area contributed by atoms with E-state index in [-0.39, 0.29) is 6.03 Å². The van der Waals surface area contributed by atoms with Gasteiger partial charge in [0.15, 0.2) is 0 Å². The Bertz CT molecular complexity index is 242. The van der Waals surface area contributed by atoms with Crippen molar-refractivity contribution in [2.45, 2.75) is 44.8 Å². The van der Waals surface area contributed by atoms with Crippen molar-refractivity contribution < 1.29 is 4.79 Å². The molecule has 0 unspecified atom stereocenters. The predicted octanol–water partition coefficient (Wildman–Crippen LogP) is 0.883. The van der Waals surface area contributed by atoms with Gasteiger partial charge in [0.1, 0.15) is 0 Å². The third-order valence-electron chi connectivity index (χ3n) is 3.45. The van der Waals surface area contributed by atoms with E-state index in [1.54, 1.807) is 0 Å². The monoisotopic (exact) mass is 211 g/mol. The van der Waals surface area contributed by atoms with Gasteiger partial charge in [0.2, 0.25) is 0 Å². The Kier molecular flexibility index (Phi) is 2.87. The molecule has 2 aliphatic rings. The number of urea groups is 1. The second kappa shape index (κ2) is 4.00. The molecule has 2 fully saturated rings. The third-order valence-corrected chi connectivity index (χ3v) is 3.45. The average molecular weight is 211 g/mol. The number of rotatable bonds is 1. The van der Waals surface area contributed by atoms with Gasteiger partial charge in [-0.1, -0.05) is 0 Å². The van der Waals surface area contributed by atoms with Crippen molar-refractivity contribution in [2.24, 2.45) is 0 Å². The van der Waals surface area contributed by atoms with Crippen LogP contribution in [0.4, 0.5) is 4.79 Å². The van der Waals surface area contributed by atoms with Crippen LogP contribution in [0.1, 0.15) is 26.7 Å². The molecule has 4 nitrogen and oxygen atoms in total. The van der Waals surface area contributed by atoms with E-state index in [0.29, 0.717) is 18.1 Å². The SMILES string of the molecule is C[C@H]1CNC[C@H](C)N1C(=O)N(C)C1CC1. The molecule has 0 spiro atoms. The van der Waals surface area contributed by atoms with Crippen LogP contribution in [0.3, 0.4) is 0 Å². The molecule has 2 atom stereocenters. The van der Waals surface area contributed by atoms with Crippen LogP contribution in [-0.4, -0.2) is 54.1 Å². The van der Waals surface area contributed by atoms with Gasteiger partial charge in [-0.15, -0.1) is 0 Å². The zero-order valence-corrected chi connectivity index (χ0v) is 9.86. The lowest BCUT2D eigenvalue weighted by molar-refractivity contribution is 0.104. The van der Waals surface area contributed by atoms with Gasteiger partial charge in [0.05, 0.1) is 0 Å². The van der Waals surface area contributed by atoms with E-state index >= 15 is 0 Å². The minimum absolute atomic E-state index is 0.207. The quantitative estimate of drug-likeness (QED) is 0.699. The summed E-state index contributed by atoms with van der Waals surface area (Å²) >= 11 is 0. The fraction of sp³-hybridized carbons (Fsp3) is 0.909. The van der Waals surface area contributed by atoms with Crippen LogP contribution in [0.25, 0.3) is 0 Å². The number of hydrogen-bond acceptors (Lipinski definition) is 2. The molecule has 0 radical (unpaired) electrons. The number of hydrogen-bond donors (Lipinski definition) is 1. The molecule has 1 saturated carbocycles. The highest BCUT2D eigenvalue weighted by Gasteiger charge is 2.36. The van der Waals surface area contributed by atoms with E-state index in [1.807, 2.05) is 16.8 Å². The number of carbonyl (C=O) groups excluding carboxylic acids is 1. The molecule has 2 rings (SSSR count). The molecule has 1 N–H and O–H groups in total. The van der Waals surface area contributed by atoms with Gasteiger partial charge in [-0.05, 0) is 26.7 Å². The molecule has 1 saturated heterocycles. The summed E-state index contributed by atoms with van der Waals surface area (Å²) in [7, 11) is 1.93. The van der Waals surface area contributed by atoms with E-state index in [1.165, 1.54) is 12.8 Å². The first-order valence-electron chi connectivity index (χ1n) is 5.87. The van der Waals surface area contributed by atoms with Crippen LogP contribution in [-0.2, 0) is 0 Å². The molecule has 15 heavy (non-hydrogen) atoms. The fourth-order valence-electron chi connectivity index (χ4n) is 2.31. The molecule has 86 valence electrons. The molecular weight excluding hydrogens is 190 g/mol. The van der Waals surface area contributed by atoms with E-state index < -0.39 is 0 Å². The highest BCUT2D eigenvalue weighted by atomic mass is 16.2. The Morgan fingerprint density at radius 1 is 1.27 bits per heavy atom. The number of piperazine rings is 1. The number of amides is 2. The Balaban J connectivity index is 2.02. The highest BCUT2D eigenvalue weighted by Crippen LogP contribution is 2.27. The zero-order valence-electron chi connectivity index (χ0n) is 9.86. The Labute approximate surface area is 91.6 Å². The Morgan fingerprint density at radius 3 is 2.27 bits per heavy atom. The highest BCUT2D eigenvalue weighted by molar-refractivity contribution is 5.75. The van der Waals surface area contributed by atoms with E-state index in [0.717, 1.165) is 13.1 Å². The lowest BCUT2D eigenvalue weighted by Gasteiger charge is -2.41. The minimum Gasteiger partial charge on any atom is -0.325 e. The summed E-state index contributed by atoms with van der Waals surface area (Å²) in [6.07, 6.45) is 2.36. The molecule has 0 aromatic rings. The van der Waals surface area contributed by atoms with Gasteiger partial charge in [0, 0.05) is 38.3 Å². The average Bonchev–Trinajstić information content (AvgIpc) is 2.99. The van der Waals surface area contributed by atoms with E-state index in [9.17, 15) is 4.79 Å². The van der Waals surface area contributed by atoms with Crippen LogP contribution < -0.4 is 5.32 Å². The van der Waals surface area contributed by atoms with Gasteiger partial charge in [-0.3, -0.25) is 0 Å². The van der Waals surface area contributed by atoms with Gasteiger partial charge in [0.25, 0.3) is 0 Å². The smallest absolute Gasteiger partial charge is 0.320 e. The van der Waals surface area contributed by atoms with Crippen molar-refractivity contribution in [3.8, 4) is 0 Å². The first-order chi connectivity index (χ1) is 7.11. The Morgan fingerprint density at radius 2 is 1.80 bits per heavy atom. The topological polar surface area (TPSA) is 35.6 Å². The maximum absolute atomic E-state index is 12.2. The van der Waals surface area contributed by atoms with Crippen molar-refractivity contribution in [3.05, 3.63) is 0 Å². The first kappa shape index (κ1) is 10.7. The van der Waals surface area contributed by atoms with E-state index in [4.69, 9.17) is 0 Å². The molecule has 4 heteroatoms. The second-order valence-electron chi connectivity index (χ2n) is 4.89. The summed E-state index contributed by atoms with van der Waals surface area (Å²) < 4.78 is 0. The van der Waals surface area contributed by atoms with Crippen LogP contribution in [0.15, 0.2) is 0 Å². The lowest BCUT2D eigenvalue weighted by Crippen LogP contribution is -2.60. The normalized spacial score (nSPS) is 31.5. The summed E-state index contributed by atoms with van der Waals surface area (Å²) in [5.41, 5.74) is 0. The van der Waals surface area contributed by atoms with Crippen LogP contribution in [0.2, 0.25) is 0 Å². The molecular formula is C11H21N3O. The van der Waals surface area contributed by atoms with Crippen molar-refractivity contribution in [2.75, 3.05) is 20.1 Å². The molecule has 2 amide bonds. The van der Waals surface area contributed by atoms with Gasteiger partial charge >= 0.3 is 6.03 Å². The molecule has 1 aliphatic heterocycles. The van der Waals surface area contributed by atoms with Crippen molar-refractivity contribution >= 4 is 6.03 Å². The second-order valence-corrected chi connectivity index (χ2v) is 4.89. The number of nitrogens with zero attached hydrogens (tertiary/aromatic N) is 2. The summed E-state index contributed by atoms with van der Waals surface area (Å²) in [6, 6.07) is 1.33. The summed E-state index contributed by atoms with van der Waals surface area (Å²) in [5, 5.41) is 3.34. The van der Waals surface area contributed by atoms with Crippen molar-refractivity contribution in [1.82, 2.24) is 15.1 Å². The van der Waals surface area contributed by atoms with E-state index in [2.05, 4.69) is 19.2 Å². The summed E-state index contributed by atoms with van der Waals surface area (Å²) in [5.74, 6) is 0. The van der Waals surface area contributed by atoms with Crippen molar-refractivity contribution in [1.29, 1.82) is 0 Å². The molecule has 0 aromatic heterocycles. The molecule has 1 aliphatic carbocycles. The van der Waals surface area contributed by atoms with Gasteiger partial charge in [-0.25, -0.2) is 4.79 Å². The lowest BCUT2D eigenvalue weighted by atomic mass is 10.1. The standard InChI is InChI=1S/C11H21N3O/c1-8-6-12-7-9(2)14(8)11(15)13(3)10-4-5-10/h8-10,12H,4-7H2,1-3H3/t8-,9-/m0/s1. The fourth-order valence-corrected chi connectivity index (χ4v) is 2.31. The molecule has 1 heterocycles. The maximum atomic E-state index is 12.2. The van der Waals surface area contributed by atoms with Crippen LogP contribution in [0, 0.1) is 0 Å². The maximum Gasteiger partial charge on any atom is 0.320 e. The van der Waals surface area contributed by atoms with Crippen molar-refractivity contribution in [3.63, 3.8) is 0 Å². The zero-order chi connectivity index (χ0) is 11.0. The van der Waals surface area contributed by atoms with Crippen LogP contribution in [0.5, 0.6) is 0 Å². The molecule has 0 bridgehead atoms. The third kappa shape index (κ3) is 2.09. The Hall–Kier alpha value is -0.770. The summed E-state index contributed by atoms with van der Waals surface area (Å²) in [4.78, 5) is 16.2. The molecule has 0 aromatic carbocycles. The predicted molar refractivity (Wildman–Crippen MR) is 59.8 cm³/mol. The van der Waals surface area contributed by atoms with Gasteiger partial charge in [-0.2, -0.15) is 0 Å². The summed E-state index contributed by atoms with van der Waals surface area (Å²) in [6.45, 7) is 6.05. The van der Waals surface area contributed by atoms with Gasteiger partial charge < -0.3 is 15.1 Å². The van der Waals surface area contributed by atoms with Crippen LogP contribution >= 0.6 is 0 Å². The largest absolute Gasteiger partial charge is 0.325 e.